The van der Waals surface area contributed by atoms with Crippen LogP contribution in [-0.4, -0.2) is 36.0 Å². The molecule has 3 nitrogen and oxygen atoms in total. The molecule has 5 heteroatoms. The molecule has 0 saturated heterocycles. The first-order chi connectivity index (χ1) is 13.1. The maximum Gasteiger partial charge on any atom is 0.192 e. The van der Waals surface area contributed by atoms with Crippen molar-refractivity contribution in [3.63, 3.8) is 0 Å². The van der Waals surface area contributed by atoms with E-state index < -0.39 is 16.6 Å². The van der Waals surface area contributed by atoms with Gasteiger partial charge in [-0.3, -0.25) is 0 Å². The first-order valence-corrected chi connectivity index (χ1v) is 16.6. The van der Waals surface area contributed by atoms with E-state index in [0.29, 0.717) is 13.2 Å². The van der Waals surface area contributed by atoms with Gasteiger partial charge in [-0.2, -0.15) is 0 Å². The van der Waals surface area contributed by atoms with E-state index in [4.69, 9.17) is 13.6 Å². The summed E-state index contributed by atoms with van der Waals surface area (Å²) in [6, 6.07) is 10.4. The monoisotopic (exact) mass is 434 g/mol. The van der Waals surface area contributed by atoms with Crippen LogP contribution in [0.1, 0.15) is 53.2 Å². The van der Waals surface area contributed by atoms with E-state index in [-0.39, 0.29) is 22.3 Å². The zero-order valence-electron chi connectivity index (χ0n) is 20.3. The van der Waals surface area contributed by atoms with Gasteiger partial charge in [0.25, 0.3) is 0 Å². The molecular weight excluding hydrogens is 392 g/mol. The Balaban J connectivity index is 2.16. The van der Waals surface area contributed by atoms with Crippen molar-refractivity contribution < 1.29 is 13.6 Å². The molecule has 0 fully saturated rings. The van der Waals surface area contributed by atoms with Crippen LogP contribution >= 0.6 is 0 Å². The molecule has 0 N–H and O–H groups in total. The third-order valence-corrected chi connectivity index (χ3v) is 16.0. The molecule has 1 aromatic carbocycles. The van der Waals surface area contributed by atoms with E-state index in [2.05, 4.69) is 98.1 Å². The van der Waals surface area contributed by atoms with Gasteiger partial charge in [0.2, 0.25) is 0 Å². The molecule has 29 heavy (non-hydrogen) atoms. The van der Waals surface area contributed by atoms with Crippen LogP contribution in [0.3, 0.4) is 0 Å². The van der Waals surface area contributed by atoms with Crippen molar-refractivity contribution in [3.05, 3.63) is 47.5 Å². The van der Waals surface area contributed by atoms with Crippen molar-refractivity contribution in [2.75, 3.05) is 13.2 Å². The predicted octanol–water partition coefficient (Wildman–Crippen LogP) is 7.10. The van der Waals surface area contributed by atoms with E-state index in [9.17, 15) is 0 Å². The maximum absolute atomic E-state index is 6.54. The molecule has 0 bridgehead atoms. The molecule has 0 aliphatic carbocycles. The van der Waals surface area contributed by atoms with E-state index in [0.717, 1.165) is 0 Å². The molecule has 0 amide bonds. The predicted molar refractivity (Wildman–Crippen MR) is 128 cm³/mol. The minimum atomic E-state index is -1.83. The number of ether oxygens (including phenoxy) is 1. The Bertz CT molecular complexity index is 697. The van der Waals surface area contributed by atoms with E-state index in [1.807, 2.05) is 6.07 Å². The Hall–Kier alpha value is -0.726. The molecule has 1 aromatic rings. The standard InChI is InChI=1S/C24H42O3Si2/c1-23(2,3)28(7,8)25-17-20-16-21(19-14-12-11-13-15-19)27-22(20)18-26-29(9,10)24(4,5)6/h11-16,21-22H,17-18H2,1-10H3/t21-,22-/m0/s1. The lowest BCUT2D eigenvalue weighted by Gasteiger charge is -2.38. The highest BCUT2D eigenvalue weighted by Crippen LogP contribution is 2.40. The van der Waals surface area contributed by atoms with Crippen LogP contribution in [0.2, 0.25) is 36.3 Å². The second-order valence-corrected chi connectivity index (χ2v) is 20.9. The smallest absolute Gasteiger partial charge is 0.192 e. The second kappa shape index (κ2) is 8.79. The molecule has 1 aliphatic heterocycles. The first kappa shape index (κ1) is 24.5. The summed E-state index contributed by atoms with van der Waals surface area (Å²) in [4.78, 5) is 0. The van der Waals surface area contributed by atoms with Gasteiger partial charge in [0.1, 0.15) is 12.2 Å². The quantitative estimate of drug-likeness (QED) is 0.338. The molecule has 0 spiro atoms. The fraction of sp³-hybridized carbons (Fsp3) is 0.667. The molecule has 0 unspecified atom stereocenters. The summed E-state index contributed by atoms with van der Waals surface area (Å²) in [6.07, 6.45) is 2.18. The lowest BCUT2D eigenvalue weighted by atomic mass is 10.1. The van der Waals surface area contributed by atoms with Gasteiger partial charge in [-0.05, 0) is 53.5 Å². The number of benzene rings is 1. The topological polar surface area (TPSA) is 27.7 Å². The fourth-order valence-electron chi connectivity index (χ4n) is 2.69. The van der Waals surface area contributed by atoms with Crippen LogP contribution < -0.4 is 0 Å². The van der Waals surface area contributed by atoms with Crippen molar-refractivity contribution >= 4 is 16.6 Å². The van der Waals surface area contributed by atoms with E-state index in [1.165, 1.54) is 11.1 Å². The largest absolute Gasteiger partial charge is 0.414 e. The van der Waals surface area contributed by atoms with Gasteiger partial charge in [0, 0.05) is 0 Å². The van der Waals surface area contributed by atoms with Gasteiger partial charge in [-0.25, -0.2) is 0 Å². The molecule has 164 valence electrons. The van der Waals surface area contributed by atoms with Crippen molar-refractivity contribution in [1.82, 2.24) is 0 Å². The Morgan fingerprint density at radius 1 is 0.828 bits per heavy atom. The summed E-state index contributed by atoms with van der Waals surface area (Å²) in [5.74, 6) is 0. The van der Waals surface area contributed by atoms with Gasteiger partial charge < -0.3 is 13.6 Å². The first-order valence-electron chi connectivity index (χ1n) is 10.8. The molecule has 0 saturated carbocycles. The molecule has 0 aromatic heterocycles. The summed E-state index contributed by atoms with van der Waals surface area (Å²) >= 11 is 0. The van der Waals surface area contributed by atoms with E-state index in [1.54, 1.807) is 0 Å². The van der Waals surface area contributed by atoms with Crippen molar-refractivity contribution in [2.45, 2.75) is 90.0 Å². The molecule has 1 heterocycles. The summed E-state index contributed by atoms with van der Waals surface area (Å²) in [5, 5.41) is 0.380. The normalized spacial score (nSPS) is 21.4. The zero-order chi connectivity index (χ0) is 22.1. The summed E-state index contributed by atoms with van der Waals surface area (Å²) < 4.78 is 19.5. The molecule has 1 aliphatic rings. The summed E-state index contributed by atoms with van der Waals surface area (Å²) in [5.41, 5.74) is 2.41. The van der Waals surface area contributed by atoms with Gasteiger partial charge in [-0.15, -0.1) is 0 Å². The number of rotatable bonds is 7. The molecule has 2 atom stereocenters. The van der Waals surface area contributed by atoms with Crippen molar-refractivity contribution in [2.24, 2.45) is 0 Å². The Labute approximate surface area is 181 Å². The Morgan fingerprint density at radius 2 is 1.34 bits per heavy atom. The Morgan fingerprint density at radius 3 is 1.86 bits per heavy atom. The van der Waals surface area contributed by atoms with E-state index >= 15 is 0 Å². The zero-order valence-corrected chi connectivity index (χ0v) is 22.3. The number of hydrogen-bond acceptors (Lipinski definition) is 3. The highest BCUT2D eigenvalue weighted by molar-refractivity contribution is 6.74. The van der Waals surface area contributed by atoms with Crippen molar-refractivity contribution in [1.29, 1.82) is 0 Å². The second-order valence-electron chi connectivity index (χ2n) is 11.3. The molecule has 2 rings (SSSR count). The van der Waals surface area contributed by atoms with Crippen LogP contribution in [0.25, 0.3) is 0 Å². The van der Waals surface area contributed by atoms with Crippen LogP contribution in [0.15, 0.2) is 42.0 Å². The van der Waals surface area contributed by atoms with Crippen molar-refractivity contribution in [3.8, 4) is 0 Å². The highest BCUT2D eigenvalue weighted by Gasteiger charge is 2.41. The highest BCUT2D eigenvalue weighted by atomic mass is 28.4. The average Bonchev–Trinajstić information content (AvgIpc) is 3.00. The fourth-order valence-corrected chi connectivity index (χ4v) is 4.65. The minimum absolute atomic E-state index is 0.0257. The third kappa shape index (κ3) is 6.14. The summed E-state index contributed by atoms with van der Waals surface area (Å²) in [7, 11) is -3.65. The van der Waals surface area contributed by atoms with Crippen LogP contribution in [-0.2, 0) is 13.6 Å². The van der Waals surface area contributed by atoms with Crippen LogP contribution in [0, 0.1) is 0 Å². The lowest BCUT2D eigenvalue weighted by Crippen LogP contribution is -2.44. The molecule has 0 radical (unpaired) electrons. The summed E-state index contributed by atoms with van der Waals surface area (Å²) in [6.45, 7) is 24.1. The Kier molecular flexibility index (Phi) is 7.44. The van der Waals surface area contributed by atoms with Gasteiger partial charge in [-0.1, -0.05) is 71.9 Å². The number of hydrogen-bond donors (Lipinski definition) is 0. The van der Waals surface area contributed by atoms with Crippen LogP contribution in [0.5, 0.6) is 0 Å². The molecular formula is C24H42O3Si2. The average molecular weight is 435 g/mol. The van der Waals surface area contributed by atoms with Gasteiger partial charge >= 0.3 is 0 Å². The maximum atomic E-state index is 6.54. The minimum Gasteiger partial charge on any atom is -0.414 e. The third-order valence-electron chi connectivity index (χ3n) is 7.03. The SMILES string of the molecule is CC(C)(C)[Si](C)(C)OCC1=C[C@@H](c2ccccc2)O[C@H]1CO[Si](C)(C)C(C)(C)C. The van der Waals surface area contributed by atoms with Crippen LogP contribution in [0.4, 0.5) is 0 Å². The lowest BCUT2D eigenvalue weighted by molar-refractivity contribution is 0.0205. The van der Waals surface area contributed by atoms with Gasteiger partial charge in [0.05, 0.1) is 13.2 Å². The van der Waals surface area contributed by atoms with Gasteiger partial charge in [0.15, 0.2) is 16.6 Å².